The van der Waals surface area contributed by atoms with Crippen molar-refractivity contribution in [3.8, 4) is 0 Å². The standard InChI is InChI=1S/C15H23ClN2S/c1-11(17)14(12-5-4-6-13(16)9-12)18-7-8-19-15(2,3)10-18/h4-6,9,11,14H,7-8,10,17H2,1-3H3. The first kappa shape index (κ1) is 15.2. The normalized spacial score (nSPS) is 23.0. The predicted octanol–water partition coefficient (Wildman–Crippen LogP) is 3.56. The van der Waals surface area contributed by atoms with E-state index in [0.717, 1.165) is 23.9 Å². The molecule has 0 spiro atoms. The van der Waals surface area contributed by atoms with Crippen molar-refractivity contribution in [2.24, 2.45) is 5.73 Å². The number of thioether (sulfide) groups is 1. The highest BCUT2D eigenvalue weighted by molar-refractivity contribution is 8.00. The maximum Gasteiger partial charge on any atom is 0.0497 e. The van der Waals surface area contributed by atoms with Gasteiger partial charge in [0.05, 0.1) is 0 Å². The van der Waals surface area contributed by atoms with Gasteiger partial charge in [-0.3, -0.25) is 4.90 Å². The van der Waals surface area contributed by atoms with Crippen molar-refractivity contribution in [1.29, 1.82) is 0 Å². The van der Waals surface area contributed by atoms with E-state index < -0.39 is 0 Å². The molecule has 2 N–H and O–H groups in total. The van der Waals surface area contributed by atoms with Crippen LogP contribution in [0.3, 0.4) is 0 Å². The van der Waals surface area contributed by atoms with Gasteiger partial charge in [0, 0.05) is 40.7 Å². The molecule has 106 valence electrons. The van der Waals surface area contributed by atoms with Crippen LogP contribution in [-0.4, -0.2) is 34.5 Å². The fourth-order valence-electron chi connectivity index (χ4n) is 2.83. The third kappa shape index (κ3) is 3.88. The van der Waals surface area contributed by atoms with Crippen molar-refractivity contribution in [3.63, 3.8) is 0 Å². The van der Waals surface area contributed by atoms with E-state index in [4.69, 9.17) is 17.3 Å². The first-order valence-electron chi connectivity index (χ1n) is 6.78. The summed E-state index contributed by atoms with van der Waals surface area (Å²) < 4.78 is 0.296. The van der Waals surface area contributed by atoms with Gasteiger partial charge in [-0.15, -0.1) is 0 Å². The van der Waals surface area contributed by atoms with Crippen LogP contribution in [0.25, 0.3) is 0 Å². The fraction of sp³-hybridized carbons (Fsp3) is 0.600. The van der Waals surface area contributed by atoms with Gasteiger partial charge < -0.3 is 5.73 Å². The van der Waals surface area contributed by atoms with Crippen molar-refractivity contribution in [2.45, 2.75) is 37.6 Å². The molecule has 0 aromatic heterocycles. The summed E-state index contributed by atoms with van der Waals surface area (Å²) in [6, 6.07) is 8.45. The van der Waals surface area contributed by atoms with Gasteiger partial charge in [-0.05, 0) is 38.5 Å². The Morgan fingerprint density at radius 2 is 2.16 bits per heavy atom. The van der Waals surface area contributed by atoms with Crippen molar-refractivity contribution in [1.82, 2.24) is 4.90 Å². The van der Waals surface area contributed by atoms with Crippen LogP contribution < -0.4 is 5.73 Å². The average molecular weight is 299 g/mol. The van der Waals surface area contributed by atoms with Crippen LogP contribution in [0.5, 0.6) is 0 Å². The number of nitrogens with two attached hydrogens (primary N) is 1. The van der Waals surface area contributed by atoms with Crippen LogP contribution in [0.1, 0.15) is 32.4 Å². The van der Waals surface area contributed by atoms with Crippen molar-refractivity contribution in [2.75, 3.05) is 18.8 Å². The average Bonchev–Trinajstić information content (AvgIpc) is 2.27. The maximum absolute atomic E-state index is 6.25. The van der Waals surface area contributed by atoms with Gasteiger partial charge in [0.2, 0.25) is 0 Å². The van der Waals surface area contributed by atoms with Crippen molar-refractivity contribution < 1.29 is 0 Å². The van der Waals surface area contributed by atoms with E-state index in [1.807, 2.05) is 30.0 Å². The van der Waals surface area contributed by atoms with Crippen molar-refractivity contribution in [3.05, 3.63) is 34.9 Å². The lowest BCUT2D eigenvalue weighted by Gasteiger charge is -2.43. The van der Waals surface area contributed by atoms with E-state index in [0.29, 0.717) is 4.75 Å². The Morgan fingerprint density at radius 1 is 1.42 bits per heavy atom. The third-order valence-corrected chi connectivity index (χ3v) is 5.07. The van der Waals surface area contributed by atoms with Crippen LogP contribution in [0.2, 0.25) is 5.02 Å². The number of benzene rings is 1. The van der Waals surface area contributed by atoms with E-state index in [2.05, 4.69) is 31.7 Å². The van der Waals surface area contributed by atoms with E-state index in [9.17, 15) is 0 Å². The molecule has 1 heterocycles. The van der Waals surface area contributed by atoms with E-state index in [1.54, 1.807) is 0 Å². The molecule has 1 aromatic carbocycles. The largest absolute Gasteiger partial charge is 0.326 e. The quantitative estimate of drug-likeness (QED) is 0.925. The number of nitrogens with zero attached hydrogens (tertiary/aromatic N) is 1. The van der Waals surface area contributed by atoms with Gasteiger partial charge in [-0.25, -0.2) is 0 Å². The number of hydrogen-bond acceptors (Lipinski definition) is 3. The highest BCUT2D eigenvalue weighted by Crippen LogP contribution is 2.35. The molecule has 0 radical (unpaired) electrons. The van der Waals surface area contributed by atoms with Crippen LogP contribution in [-0.2, 0) is 0 Å². The Kier molecular flexibility index (Phi) is 4.83. The topological polar surface area (TPSA) is 29.3 Å². The molecule has 2 unspecified atom stereocenters. The molecule has 0 amide bonds. The number of rotatable bonds is 3. The molecule has 1 aromatic rings. The Bertz CT molecular complexity index is 434. The Morgan fingerprint density at radius 3 is 2.74 bits per heavy atom. The summed E-state index contributed by atoms with van der Waals surface area (Å²) >= 11 is 8.17. The van der Waals surface area contributed by atoms with E-state index in [1.165, 1.54) is 5.56 Å². The zero-order valence-electron chi connectivity index (χ0n) is 11.9. The predicted molar refractivity (Wildman–Crippen MR) is 86.0 cm³/mol. The molecule has 0 saturated carbocycles. The Hall–Kier alpha value is -0.220. The van der Waals surface area contributed by atoms with Crippen LogP contribution in [0.4, 0.5) is 0 Å². The van der Waals surface area contributed by atoms with Crippen LogP contribution in [0.15, 0.2) is 24.3 Å². The Labute approximate surface area is 125 Å². The van der Waals surface area contributed by atoms with Gasteiger partial charge in [0.1, 0.15) is 0 Å². The SMILES string of the molecule is CC(N)C(c1cccc(Cl)c1)N1CCSC(C)(C)C1. The molecule has 1 aliphatic rings. The van der Waals surface area contributed by atoms with Crippen LogP contribution >= 0.6 is 23.4 Å². The zero-order chi connectivity index (χ0) is 14.0. The molecule has 2 rings (SSSR count). The van der Waals surface area contributed by atoms with Gasteiger partial charge in [-0.1, -0.05) is 23.7 Å². The van der Waals surface area contributed by atoms with E-state index >= 15 is 0 Å². The van der Waals surface area contributed by atoms with Gasteiger partial charge in [0.25, 0.3) is 0 Å². The monoisotopic (exact) mass is 298 g/mol. The van der Waals surface area contributed by atoms with Gasteiger partial charge in [0.15, 0.2) is 0 Å². The molecule has 0 bridgehead atoms. The summed E-state index contributed by atoms with van der Waals surface area (Å²) in [4.78, 5) is 2.51. The zero-order valence-corrected chi connectivity index (χ0v) is 13.5. The molecular weight excluding hydrogens is 276 g/mol. The molecule has 4 heteroatoms. The molecule has 0 aliphatic carbocycles. The summed E-state index contributed by atoms with van der Waals surface area (Å²) in [7, 11) is 0. The third-order valence-electron chi connectivity index (χ3n) is 3.54. The molecule has 2 nitrogen and oxygen atoms in total. The summed E-state index contributed by atoms with van der Waals surface area (Å²) in [6.07, 6.45) is 0. The minimum Gasteiger partial charge on any atom is -0.326 e. The molecular formula is C15H23ClN2S. The smallest absolute Gasteiger partial charge is 0.0497 e. The Balaban J connectivity index is 2.25. The number of hydrogen-bond donors (Lipinski definition) is 1. The highest BCUT2D eigenvalue weighted by atomic mass is 35.5. The summed E-state index contributed by atoms with van der Waals surface area (Å²) in [5, 5.41) is 0.786. The lowest BCUT2D eigenvalue weighted by Crippen LogP contribution is -2.49. The summed E-state index contributed by atoms with van der Waals surface area (Å²) in [6.45, 7) is 8.85. The molecule has 19 heavy (non-hydrogen) atoms. The summed E-state index contributed by atoms with van der Waals surface area (Å²) in [5.74, 6) is 1.16. The maximum atomic E-state index is 6.25. The molecule has 1 saturated heterocycles. The second-order valence-corrected chi connectivity index (χ2v) is 8.18. The lowest BCUT2D eigenvalue weighted by molar-refractivity contribution is 0.168. The molecule has 1 aliphatic heterocycles. The first-order valence-corrected chi connectivity index (χ1v) is 8.14. The minimum atomic E-state index is 0.0948. The minimum absolute atomic E-state index is 0.0948. The van der Waals surface area contributed by atoms with E-state index in [-0.39, 0.29) is 12.1 Å². The molecule has 2 atom stereocenters. The fourth-order valence-corrected chi connectivity index (χ4v) is 4.16. The second-order valence-electron chi connectivity index (χ2n) is 5.94. The van der Waals surface area contributed by atoms with Crippen molar-refractivity contribution >= 4 is 23.4 Å². The molecule has 1 fully saturated rings. The van der Waals surface area contributed by atoms with Gasteiger partial charge >= 0.3 is 0 Å². The number of halogens is 1. The first-order chi connectivity index (χ1) is 8.89. The second kappa shape index (κ2) is 6.04. The summed E-state index contributed by atoms with van der Waals surface area (Å²) in [5.41, 5.74) is 7.47. The lowest BCUT2D eigenvalue weighted by atomic mass is 9.98. The van der Waals surface area contributed by atoms with Gasteiger partial charge in [-0.2, -0.15) is 11.8 Å². The van der Waals surface area contributed by atoms with Crippen LogP contribution in [0, 0.1) is 0 Å². The highest BCUT2D eigenvalue weighted by Gasteiger charge is 2.33.